The van der Waals surface area contributed by atoms with Crippen LogP contribution in [0, 0.1) is 5.41 Å². The molecule has 0 atom stereocenters. The van der Waals surface area contributed by atoms with Crippen molar-refractivity contribution in [3.05, 3.63) is 35.7 Å². The second-order valence-electron chi connectivity index (χ2n) is 5.74. The lowest BCUT2D eigenvalue weighted by atomic mass is 10.2. The van der Waals surface area contributed by atoms with Gasteiger partial charge >= 0.3 is 0 Å². The van der Waals surface area contributed by atoms with Crippen molar-refractivity contribution in [2.45, 2.75) is 33.1 Å². The van der Waals surface area contributed by atoms with Gasteiger partial charge in [0.1, 0.15) is 11.4 Å². The van der Waals surface area contributed by atoms with Crippen LogP contribution in [0.4, 0.5) is 5.69 Å². The normalized spacial score (nSPS) is 17.6. The Kier molecular flexibility index (Phi) is 7.32. The molecule has 6 heteroatoms. The molecule has 0 saturated carbocycles. The number of nitrogens with one attached hydrogen (secondary N) is 2. The minimum atomic E-state index is -0.359. The van der Waals surface area contributed by atoms with Gasteiger partial charge in [-0.1, -0.05) is 12.1 Å². The van der Waals surface area contributed by atoms with Crippen LogP contribution >= 0.6 is 0 Å². The van der Waals surface area contributed by atoms with Crippen LogP contribution in [0.3, 0.4) is 0 Å². The van der Waals surface area contributed by atoms with Gasteiger partial charge in [0.2, 0.25) is 5.76 Å². The Morgan fingerprint density at radius 2 is 1.84 bits per heavy atom. The van der Waals surface area contributed by atoms with Crippen molar-refractivity contribution in [3.8, 4) is 5.75 Å². The number of hydrogen-bond donors (Lipinski definition) is 2. The van der Waals surface area contributed by atoms with Crippen LogP contribution < -0.4 is 10.1 Å². The molecule has 0 bridgehead atoms. The highest BCUT2D eigenvalue weighted by atomic mass is 16.5. The topological polar surface area (TPSA) is 74.7 Å². The molecule has 0 spiro atoms. The molecule has 6 nitrogen and oxygen atoms in total. The van der Waals surface area contributed by atoms with Gasteiger partial charge in [0, 0.05) is 19.3 Å². The van der Waals surface area contributed by atoms with Crippen LogP contribution in [0.5, 0.6) is 5.75 Å². The Bertz CT molecular complexity index is 624. The van der Waals surface area contributed by atoms with Crippen molar-refractivity contribution < 1.29 is 14.3 Å². The Hall–Kier alpha value is -2.50. The quantitative estimate of drug-likeness (QED) is 0.648. The first-order valence-corrected chi connectivity index (χ1v) is 8.86. The van der Waals surface area contributed by atoms with Gasteiger partial charge in [0.25, 0.3) is 5.91 Å². The van der Waals surface area contributed by atoms with E-state index in [-0.39, 0.29) is 11.7 Å². The first kappa shape index (κ1) is 18.8. The summed E-state index contributed by atoms with van der Waals surface area (Å²) in [7, 11) is 0. The van der Waals surface area contributed by atoms with Crippen LogP contribution in [0.25, 0.3) is 0 Å². The van der Waals surface area contributed by atoms with E-state index >= 15 is 0 Å². The fourth-order valence-electron chi connectivity index (χ4n) is 2.73. The third-order valence-electron chi connectivity index (χ3n) is 4.11. The van der Waals surface area contributed by atoms with Crippen LogP contribution in [0.15, 0.2) is 35.7 Å². The molecule has 25 heavy (non-hydrogen) atoms. The van der Waals surface area contributed by atoms with E-state index in [2.05, 4.69) is 5.32 Å². The van der Waals surface area contributed by atoms with Crippen molar-refractivity contribution in [2.24, 2.45) is 0 Å². The summed E-state index contributed by atoms with van der Waals surface area (Å²) in [5.41, 5.74) is 1.11. The van der Waals surface area contributed by atoms with Crippen molar-refractivity contribution in [1.82, 2.24) is 4.90 Å². The highest BCUT2D eigenvalue weighted by molar-refractivity contribution is 6.06. The summed E-state index contributed by atoms with van der Waals surface area (Å²) < 4.78 is 11.6. The first-order valence-electron chi connectivity index (χ1n) is 8.86. The van der Waals surface area contributed by atoms with Gasteiger partial charge in [-0.3, -0.25) is 4.79 Å². The number of anilines is 1. The van der Waals surface area contributed by atoms with Gasteiger partial charge in [-0.05, 0) is 45.2 Å². The van der Waals surface area contributed by atoms with E-state index < -0.39 is 0 Å². The van der Waals surface area contributed by atoms with Crippen LogP contribution in [-0.4, -0.2) is 43.3 Å². The molecule has 0 unspecified atom stereocenters. The number of benzene rings is 1. The maximum atomic E-state index is 12.9. The molecule has 0 aromatic heterocycles. The molecular weight excluding hydrogens is 318 g/mol. The van der Waals surface area contributed by atoms with Gasteiger partial charge in [-0.25, -0.2) is 0 Å². The van der Waals surface area contributed by atoms with Gasteiger partial charge in [-0.2, -0.15) is 0 Å². The predicted molar refractivity (Wildman–Crippen MR) is 99.1 cm³/mol. The second-order valence-corrected chi connectivity index (χ2v) is 5.74. The SMILES string of the molecule is CCN(CC)/C(C=N)=C1\OCCCCCOc2ccccc2NC1=O. The second kappa shape index (κ2) is 9.71. The number of hydrogen-bond acceptors (Lipinski definition) is 5. The van der Waals surface area contributed by atoms with E-state index in [1.54, 1.807) is 6.07 Å². The molecule has 0 saturated heterocycles. The summed E-state index contributed by atoms with van der Waals surface area (Å²) in [5.74, 6) is 0.478. The predicted octanol–water partition coefficient (Wildman–Crippen LogP) is 3.41. The van der Waals surface area contributed by atoms with Crippen LogP contribution in [-0.2, 0) is 9.53 Å². The molecule has 1 heterocycles. The van der Waals surface area contributed by atoms with E-state index in [0.717, 1.165) is 19.3 Å². The summed E-state index contributed by atoms with van der Waals surface area (Å²) in [4.78, 5) is 14.8. The summed E-state index contributed by atoms with van der Waals surface area (Å²) >= 11 is 0. The highest BCUT2D eigenvalue weighted by Crippen LogP contribution is 2.26. The van der Waals surface area contributed by atoms with E-state index in [0.29, 0.717) is 43.4 Å². The summed E-state index contributed by atoms with van der Waals surface area (Å²) in [6.45, 7) is 6.43. The lowest BCUT2D eigenvalue weighted by molar-refractivity contribution is -0.116. The Balaban J connectivity index is 2.39. The van der Waals surface area contributed by atoms with Gasteiger partial charge < -0.3 is 25.1 Å². The number of amides is 1. The molecule has 1 aliphatic rings. The number of para-hydroxylation sites is 2. The largest absolute Gasteiger partial charge is 0.491 e. The van der Waals surface area contributed by atoms with E-state index in [1.807, 2.05) is 36.9 Å². The molecule has 1 amide bonds. The molecule has 0 fully saturated rings. The number of nitrogens with zero attached hydrogens (tertiary/aromatic N) is 1. The Morgan fingerprint density at radius 1 is 1.16 bits per heavy atom. The van der Waals surface area contributed by atoms with Crippen LogP contribution in [0.1, 0.15) is 33.1 Å². The molecule has 0 aliphatic carbocycles. The average molecular weight is 345 g/mol. The molecule has 2 rings (SSSR count). The summed E-state index contributed by atoms with van der Waals surface area (Å²) in [6, 6.07) is 7.37. The zero-order chi connectivity index (χ0) is 18.1. The molecule has 1 aromatic rings. The number of carbonyl (C=O) groups excluding carboxylic acids is 1. The lowest BCUT2D eigenvalue weighted by Crippen LogP contribution is -2.29. The fraction of sp³-hybridized carbons (Fsp3) is 0.474. The minimum absolute atomic E-state index is 0.189. The zero-order valence-electron chi connectivity index (χ0n) is 15.0. The highest BCUT2D eigenvalue weighted by Gasteiger charge is 2.21. The van der Waals surface area contributed by atoms with Crippen LogP contribution in [0.2, 0.25) is 0 Å². The molecular formula is C19H27N3O3. The smallest absolute Gasteiger partial charge is 0.293 e. The van der Waals surface area contributed by atoms with Gasteiger partial charge in [0.15, 0.2) is 0 Å². The molecule has 0 radical (unpaired) electrons. The van der Waals surface area contributed by atoms with Crippen molar-refractivity contribution in [2.75, 3.05) is 31.6 Å². The molecule has 1 aliphatic heterocycles. The number of ether oxygens (including phenoxy) is 2. The minimum Gasteiger partial charge on any atom is -0.491 e. The molecule has 2 N–H and O–H groups in total. The third-order valence-corrected chi connectivity index (χ3v) is 4.11. The Morgan fingerprint density at radius 3 is 2.52 bits per heavy atom. The number of rotatable bonds is 4. The fourth-order valence-corrected chi connectivity index (χ4v) is 2.73. The van der Waals surface area contributed by atoms with Crippen molar-refractivity contribution in [3.63, 3.8) is 0 Å². The molecule has 136 valence electrons. The monoisotopic (exact) mass is 345 g/mol. The number of allylic oxidation sites excluding steroid dienone is 1. The van der Waals surface area contributed by atoms with Gasteiger partial charge in [-0.15, -0.1) is 0 Å². The zero-order valence-corrected chi connectivity index (χ0v) is 15.0. The average Bonchev–Trinajstić information content (AvgIpc) is 2.62. The standard InChI is InChI=1S/C19H27N3O3/c1-3-22(4-2)16(14-20)18-19(23)21-15-10-6-7-11-17(15)24-12-8-5-9-13-25-18/h6-7,10-11,14,20H,3-5,8-9,12-13H2,1-2H3,(H,21,23)/b18-16-,20-14?. The number of fused-ring (bicyclic) bond motifs is 1. The van der Waals surface area contributed by atoms with E-state index in [1.165, 1.54) is 6.21 Å². The van der Waals surface area contributed by atoms with Crippen molar-refractivity contribution >= 4 is 17.8 Å². The first-order chi connectivity index (χ1) is 12.2. The van der Waals surface area contributed by atoms with E-state index in [9.17, 15) is 4.79 Å². The van der Waals surface area contributed by atoms with E-state index in [4.69, 9.17) is 14.9 Å². The number of carbonyl (C=O) groups is 1. The van der Waals surface area contributed by atoms with Gasteiger partial charge in [0.05, 0.1) is 18.9 Å². The molecule has 1 aromatic carbocycles. The van der Waals surface area contributed by atoms with Crippen molar-refractivity contribution in [1.29, 1.82) is 5.41 Å². The lowest BCUT2D eigenvalue weighted by Gasteiger charge is -2.24. The Labute approximate surface area is 149 Å². The third kappa shape index (κ3) is 4.98. The summed E-state index contributed by atoms with van der Waals surface area (Å²) in [5, 5.41) is 10.6. The maximum absolute atomic E-state index is 12.9. The maximum Gasteiger partial charge on any atom is 0.293 e. The summed E-state index contributed by atoms with van der Waals surface area (Å²) in [6.07, 6.45) is 3.92.